The highest BCUT2D eigenvalue weighted by Crippen LogP contribution is 2.14. The number of carbonyl (C=O) groups excluding carboxylic acids is 1. The molecule has 1 aromatic heterocycles. The number of carbonyl (C=O) groups is 1. The molecule has 0 saturated carbocycles. The Morgan fingerprint density at radius 3 is 2.83 bits per heavy atom. The fraction of sp³-hybridized carbons (Fsp3) is 0.455. The van der Waals surface area contributed by atoms with Crippen LogP contribution in [0.2, 0.25) is 0 Å². The number of hydrogen-bond acceptors (Lipinski definition) is 6. The largest absolute Gasteiger partial charge is 0.397 e. The summed E-state index contributed by atoms with van der Waals surface area (Å²) in [5.41, 5.74) is 11.4. The molecule has 1 atom stereocenters. The van der Waals surface area contributed by atoms with E-state index < -0.39 is 5.91 Å². The molecular formula is C11H18N4O3. The van der Waals surface area contributed by atoms with E-state index in [-0.39, 0.29) is 11.7 Å². The summed E-state index contributed by atoms with van der Waals surface area (Å²) in [7, 11) is 3.17. The SMILES string of the molecule is COCC(CNc1ncc(N)cc1C(N)=O)OC. The van der Waals surface area contributed by atoms with Crippen LogP contribution in [-0.4, -0.2) is 44.4 Å². The average molecular weight is 254 g/mol. The van der Waals surface area contributed by atoms with Gasteiger partial charge < -0.3 is 26.3 Å². The Hall–Kier alpha value is -1.86. The molecule has 1 unspecified atom stereocenters. The molecule has 0 spiro atoms. The summed E-state index contributed by atoms with van der Waals surface area (Å²) in [6.45, 7) is 0.881. The van der Waals surface area contributed by atoms with Crippen molar-refractivity contribution in [3.8, 4) is 0 Å². The smallest absolute Gasteiger partial charge is 0.252 e. The maximum absolute atomic E-state index is 11.2. The molecule has 18 heavy (non-hydrogen) atoms. The molecule has 1 heterocycles. The molecule has 7 nitrogen and oxygen atoms in total. The van der Waals surface area contributed by atoms with Gasteiger partial charge in [-0.2, -0.15) is 0 Å². The zero-order valence-electron chi connectivity index (χ0n) is 10.5. The Labute approximate surface area is 105 Å². The maximum Gasteiger partial charge on any atom is 0.252 e. The van der Waals surface area contributed by atoms with Crippen molar-refractivity contribution >= 4 is 17.4 Å². The Morgan fingerprint density at radius 1 is 1.56 bits per heavy atom. The molecule has 0 radical (unpaired) electrons. The molecule has 1 aromatic rings. The Kier molecular flexibility index (Phi) is 5.34. The number of amides is 1. The van der Waals surface area contributed by atoms with E-state index in [0.717, 1.165) is 0 Å². The van der Waals surface area contributed by atoms with E-state index in [1.165, 1.54) is 12.3 Å². The van der Waals surface area contributed by atoms with Crippen LogP contribution in [0.15, 0.2) is 12.3 Å². The van der Waals surface area contributed by atoms with Gasteiger partial charge in [0.2, 0.25) is 0 Å². The first kappa shape index (κ1) is 14.2. The minimum absolute atomic E-state index is 0.143. The van der Waals surface area contributed by atoms with E-state index in [9.17, 15) is 4.79 Å². The summed E-state index contributed by atoms with van der Waals surface area (Å²) in [5.74, 6) is -0.201. The van der Waals surface area contributed by atoms with Gasteiger partial charge in [0.15, 0.2) is 0 Å². The zero-order chi connectivity index (χ0) is 13.5. The van der Waals surface area contributed by atoms with Gasteiger partial charge in [0.1, 0.15) is 5.82 Å². The normalized spacial score (nSPS) is 12.1. The van der Waals surface area contributed by atoms with E-state index in [4.69, 9.17) is 20.9 Å². The predicted molar refractivity (Wildman–Crippen MR) is 68.3 cm³/mol. The molecule has 0 aliphatic carbocycles. The van der Waals surface area contributed by atoms with Crippen LogP contribution in [0.3, 0.4) is 0 Å². The van der Waals surface area contributed by atoms with Crippen molar-refractivity contribution in [3.63, 3.8) is 0 Å². The first-order chi connectivity index (χ1) is 8.58. The van der Waals surface area contributed by atoms with Crippen LogP contribution in [0.4, 0.5) is 11.5 Å². The van der Waals surface area contributed by atoms with Crippen molar-refractivity contribution in [1.82, 2.24) is 4.98 Å². The summed E-state index contributed by atoms with van der Waals surface area (Å²) in [4.78, 5) is 15.3. The second-order valence-corrected chi connectivity index (χ2v) is 3.72. The molecule has 0 fully saturated rings. The van der Waals surface area contributed by atoms with Gasteiger partial charge in [-0.05, 0) is 6.07 Å². The van der Waals surface area contributed by atoms with Crippen molar-refractivity contribution in [2.75, 3.05) is 38.4 Å². The number of ether oxygens (including phenoxy) is 2. The minimum Gasteiger partial charge on any atom is -0.397 e. The first-order valence-corrected chi connectivity index (χ1v) is 5.39. The number of nitrogens with one attached hydrogen (secondary N) is 1. The lowest BCUT2D eigenvalue weighted by Gasteiger charge is -2.16. The van der Waals surface area contributed by atoms with Crippen molar-refractivity contribution in [2.45, 2.75) is 6.10 Å². The van der Waals surface area contributed by atoms with E-state index >= 15 is 0 Å². The Bertz CT molecular complexity index is 411. The predicted octanol–water partition coefficient (Wildman–Crippen LogP) is -0.164. The minimum atomic E-state index is -0.585. The van der Waals surface area contributed by atoms with E-state index in [1.807, 2.05) is 0 Å². The standard InChI is InChI=1S/C11H18N4O3/c1-17-6-8(18-2)5-15-11-9(10(13)16)3-7(12)4-14-11/h3-4,8H,5-6,12H2,1-2H3,(H2,13,16)(H,14,15). The second kappa shape index (κ2) is 6.77. The van der Waals surface area contributed by atoms with Crippen molar-refractivity contribution in [2.24, 2.45) is 5.73 Å². The number of rotatable bonds is 7. The van der Waals surface area contributed by atoms with Gasteiger partial charge in [0, 0.05) is 20.8 Å². The van der Waals surface area contributed by atoms with E-state index in [2.05, 4.69) is 10.3 Å². The van der Waals surface area contributed by atoms with Gasteiger partial charge in [-0.1, -0.05) is 0 Å². The van der Waals surface area contributed by atoms with Crippen LogP contribution in [0.5, 0.6) is 0 Å². The number of hydrogen-bond donors (Lipinski definition) is 3. The summed E-state index contributed by atoms with van der Waals surface area (Å²) in [5, 5.41) is 2.99. The molecule has 5 N–H and O–H groups in total. The Morgan fingerprint density at radius 2 is 2.28 bits per heavy atom. The lowest BCUT2D eigenvalue weighted by Crippen LogP contribution is -2.28. The molecule has 0 aromatic carbocycles. The van der Waals surface area contributed by atoms with Crippen LogP contribution in [0.25, 0.3) is 0 Å². The van der Waals surface area contributed by atoms with Gasteiger partial charge in [-0.25, -0.2) is 4.98 Å². The third-order valence-corrected chi connectivity index (χ3v) is 2.36. The first-order valence-electron chi connectivity index (χ1n) is 5.39. The number of nitrogen functional groups attached to an aromatic ring is 1. The number of anilines is 2. The van der Waals surface area contributed by atoms with E-state index in [0.29, 0.717) is 24.7 Å². The number of nitrogens with two attached hydrogens (primary N) is 2. The molecule has 0 bridgehead atoms. The van der Waals surface area contributed by atoms with Gasteiger partial charge >= 0.3 is 0 Å². The van der Waals surface area contributed by atoms with Gasteiger partial charge in [-0.3, -0.25) is 4.79 Å². The summed E-state index contributed by atoms with van der Waals surface area (Å²) in [6.07, 6.45) is 1.31. The molecule has 7 heteroatoms. The lowest BCUT2D eigenvalue weighted by atomic mass is 10.2. The fourth-order valence-electron chi connectivity index (χ4n) is 1.42. The molecule has 1 amide bonds. The maximum atomic E-state index is 11.2. The molecule has 1 rings (SSSR count). The molecule has 0 saturated heterocycles. The molecule has 0 aliphatic heterocycles. The van der Waals surface area contributed by atoms with Crippen LogP contribution in [-0.2, 0) is 9.47 Å². The van der Waals surface area contributed by atoms with E-state index in [1.54, 1.807) is 14.2 Å². The van der Waals surface area contributed by atoms with Crippen LogP contribution < -0.4 is 16.8 Å². The zero-order valence-corrected chi connectivity index (χ0v) is 10.5. The summed E-state index contributed by atoms with van der Waals surface area (Å²) < 4.78 is 10.2. The third kappa shape index (κ3) is 3.86. The lowest BCUT2D eigenvalue weighted by molar-refractivity contribution is 0.0365. The van der Waals surface area contributed by atoms with Crippen LogP contribution in [0, 0.1) is 0 Å². The number of pyridine rings is 1. The quantitative estimate of drug-likeness (QED) is 0.623. The fourth-order valence-corrected chi connectivity index (χ4v) is 1.42. The van der Waals surface area contributed by atoms with Crippen molar-refractivity contribution in [3.05, 3.63) is 17.8 Å². The van der Waals surface area contributed by atoms with Gasteiger partial charge in [0.25, 0.3) is 5.91 Å². The number of methoxy groups -OCH3 is 2. The number of nitrogens with zero attached hydrogens (tertiary/aromatic N) is 1. The van der Waals surface area contributed by atoms with Crippen LogP contribution >= 0.6 is 0 Å². The highest BCUT2D eigenvalue weighted by atomic mass is 16.5. The molecule has 0 aliphatic rings. The highest BCUT2D eigenvalue weighted by molar-refractivity contribution is 5.98. The van der Waals surface area contributed by atoms with Crippen LogP contribution in [0.1, 0.15) is 10.4 Å². The summed E-state index contributed by atoms with van der Waals surface area (Å²) in [6, 6.07) is 1.48. The van der Waals surface area contributed by atoms with Gasteiger partial charge in [-0.15, -0.1) is 0 Å². The molecule has 100 valence electrons. The van der Waals surface area contributed by atoms with Crippen molar-refractivity contribution < 1.29 is 14.3 Å². The monoisotopic (exact) mass is 254 g/mol. The van der Waals surface area contributed by atoms with Gasteiger partial charge in [0.05, 0.1) is 30.2 Å². The molecular weight excluding hydrogens is 236 g/mol. The Balaban J connectivity index is 2.74. The topological polar surface area (TPSA) is 112 Å². The highest BCUT2D eigenvalue weighted by Gasteiger charge is 2.12. The summed E-state index contributed by atoms with van der Waals surface area (Å²) >= 11 is 0. The number of primary amides is 1. The average Bonchev–Trinajstić information content (AvgIpc) is 2.35. The number of aromatic nitrogens is 1. The third-order valence-electron chi connectivity index (χ3n) is 2.36. The second-order valence-electron chi connectivity index (χ2n) is 3.72. The van der Waals surface area contributed by atoms with Crippen molar-refractivity contribution in [1.29, 1.82) is 0 Å².